The van der Waals surface area contributed by atoms with Crippen molar-refractivity contribution in [2.75, 3.05) is 19.6 Å². The van der Waals surface area contributed by atoms with Crippen molar-refractivity contribution in [1.82, 2.24) is 4.90 Å². The fraction of sp³-hybridized carbons (Fsp3) is 0.308. The summed E-state index contributed by atoms with van der Waals surface area (Å²) < 4.78 is 0. The first-order valence-corrected chi connectivity index (χ1v) is 10.2. The largest absolute Gasteiger partial charge is 0.303 e. The summed E-state index contributed by atoms with van der Waals surface area (Å²) in [5.74, 6) is 0.214. The molecule has 0 radical (unpaired) electrons. The molecule has 3 nitrogen and oxygen atoms in total. The van der Waals surface area contributed by atoms with Crippen LogP contribution >= 0.6 is 0 Å². The van der Waals surface area contributed by atoms with Gasteiger partial charge in [-0.3, -0.25) is 9.59 Å². The van der Waals surface area contributed by atoms with Gasteiger partial charge in [-0.05, 0) is 43.7 Å². The van der Waals surface area contributed by atoms with Gasteiger partial charge in [0.15, 0.2) is 11.6 Å². The molecule has 0 unspecified atom stereocenters. The molecular weight excluding hydrogens is 358 g/mol. The molecule has 0 saturated carbocycles. The molecule has 0 spiro atoms. The van der Waals surface area contributed by atoms with Crippen LogP contribution in [0.15, 0.2) is 60.7 Å². The predicted molar refractivity (Wildman–Crippen MR) is 122 cm³/mol. The first kappa shape index (κ1) is 22.5. The second-order valence-electron chi connectivity index (χ2n) is 7.36. The Kier molecular flexibility index (Phi) is 9.26. The molecule has 0 aliphatic carbocycles. The van der Waals surface area contributed by atoms with Crippen molar-refractivity contribution in [2.45, 2.75) is 33.6 Å². The second-order valence-corrected chi connectivity index (χ2v) is 7.36. The molecule has 0 aromatic heterocycles. The van der Waals surface area contributed by atoms with E-state index in [4.69, 9.17) is 0 Å². The van der Waals surface area contributed by atoms with Gasteiger partial charge in [-0.15, -0.1) is 0 Å². The highest BCUT2D eigenvalue weighted by molar-refractivity contribution is 5.94. The topological polar surface area (TPSA) is 37.4 Å². The van der Waals surface area contributed by atoms with Crippen LogP contribution in [0.1, 0.15) is 42.0 Å². The number of hydrogen-bond acceptors (Lipinski definition) is 3. The minimum absolute atomic E-state index is 0.107. The molecule has 0 aliphatic heterocycles. The van der Waals surface area contributed by atoms with Crippen LogP contribution in [0, 0.1) is 13.8 Å². The van der Waals surface area contributed by atoms with Gasteiger partial charge < -0.3 is 4.90 Å². The Bertz CT molecular complexity index is 808. The van der Waals surface area contributed by atoms with Crippen LogP contribution in [0.25, 0.3) is 12.2 Å². The van der Waals surface area contributed by atoms with Crippen LogP contribution in [0.5, 0.6) is 0 Å². The van der Waals surface area contributed by atoms with Gasteiger partial charge in [0.2, 0.25) is 0 Å². The van der Waals surface area contributed by atoms with Crippen molar-refractivity contribution in [1.29, 1.82) is 0 Å². The normalized spacial score (nSPS) is 11.6. The zero-order chi connectivity index (χ0) is 21.1. The molecule has 2 rings (SSSR count). The lowest BCUT2D eigenvalue weighted by Gasteiger charge is -2.18. The van der Waals surface area contributed by atoms with Gasteiger partial charge in [0.05, 0.1) is 0 Å². The minimum atomic E-state index is 0.107. The molecule has 0 amide bonds. The summed E-state index contributed by atoms with van der Waals surface area (Å²) in [5.41, 5.74) is 4.43. The minimum Gasteiger partial charge on any atom is -0.303 e. The molecule has 0 aliphatic rings. The zero-order valence-corrected chi connectivity index (χ0v) is 17.7. The van der Waals surface area contributed by atoms with Crippen molar-refractivity contribution >= 4 is 23.7 Å². The molecule has 0 fully saturated rings. The van der Waals surface area contributed by atoms with Crippen molar-refractivity contribution in [2.24, 2.45) is 0 Å². The molecule has 0 N–H and O–H groups in total. The molecule has 2 aromatic rings. The summed E-state index contributed by atoms with van der Waals surface area (Å²) >= 11 is 0. The van der Waals surface area contributed by atoms with Crippen LogP contribution in [-0.2, 0) is 9.59 Å². The van der Waals surface area contributed by atoms with Crippen molar-refractivity contribution in [3.05, 3.63) is 82.9 Å². The molecule has 0 saturated heterocycles. The molecule has 29 heavy (non-hydrogen) atoms. The van der Waals surface area contributed by atoms with Gasteiger partial charge in [-0.25, -0.2) is 0 Å². The lowest BCUT2D eigenvalue weighted by molar-refractivity contribution is -0.114. The fourth-order valence-corrected chi connectivity index (χ4v) is 3.06. The van der Waals surface area contributed by atoms with E-state index in [1.165, 1.54) is 11.1 Å². The number of aryl methyl sites for hydroxylation is 2. The molecule has 2 aromatic carbocycles. The van der Waals surface area contributed by atoms with E-state index in [2.05, 4.69) is 24.0 Å². The Morgan fingerprint density at radius 2 is 1.24 bits per heavy atom. The first-order valence-electron chi connectivity index (χ1n) is 10.2. The third-order valence-electron chi connectivity index (χ3n) is 4.80. The van der Waals surface area contributed by atoms with E-state index in [1.54, 1.807) is 12.2 Å². The van der Waals surface area contributed by atoms with Crippen LogP contribution in [0.3, 0.4) is 0 Å². The molecule has 3 heteroatoms. The third kappa shape index (κ3) is 8.84. The van der Waals surface area contributed by atoms with Gasteiger partial charge in [0.25, 0.3) is 0 Å². The molecule has 152 valence electrons. The Hall–Kier alpha value is -2.78. The maximum Gasteiger partial charge on any atom is 0.156 e. The van der Waals surface area contributed by atoms with Gasteiger partial charge in [-0.1, -0.05) is 78.7 Å². The quantitative estimate of drug-likeness (QED) is 0.491. The summed E-state index contributed by atoms with van der Waals surface area (Å²) in [5, 5.41) is 0. The Morgan fingerprint density at radius 1 is 0.793 bits per heavy atom. The van der Waals surface area contributed by atoms with Gasteiger partial charge >= 0.3 is 0 Å². The number of allylic oxidation sites excluding steroid dienone is 2. The fourth-order valence-electron chi connectivity index (χ4n) is 3.06. The summed E-state index contributed by atoms with van der Waals surface area (Å²) in [7, 11) is 0. The number of hydrogen-bond donors (Lipinski definition) is 0. The summed E-state index contributed by atoms with van der Waals surface area (Å²) in [6.07, 6.45) is 7.96. The first-order chi connectivity index (χ1) is 14.0. The van der Waals surface area contributed by atoms with Crippen LogP contribution in [0.4, 0.5) is 0 Å². The molecular formula is C26H31NO2. The van der Waals surface area contributed by atoms with Gasteiger partial charge in [0.1, 0.15) is 0 Å². The SMILES string of the molecule is CCN(CCC(=O)C=Cc1cccc(C)c1)CCC(=O)C=Cc1cccc(C)c1. The smallest absolute Gasteiger partial charge is 0.156 e. The Morgan fingerprint density at radius 3 is 1.62 bits per heavy atom. The van der Waals surface area contributed by atoms with E-state index >= 15 is 0 Å². The van der Waals surface area contributed by atoms with Crippen LogP contribution < -0.4 is 0 Å². The van der Waals surface area contributed by atoms with E-state index in [0.29, 0.717) is 25.9 Å². The predicted octanol–water partition coefficient (Wildman–Crippen LogP) is 5.27. The molecule has 0 atom stereocenters. The van der Waals surface area contributed by atoms with Gasteiger partial charge in [-0.2, -0.15) is 0 Å². The standard InChI is InChI=1S/C26H31NO2/c1-4-27(17-15-25(28)13-11-23-9-5-7-21(2)19-23)18-16-26(29)14-12-24-10-6-8-22(3)20-24/h5-14,19-20H,4,15-18H2,1-3H3. The number of ketones is 2. The maximum atomic E-state index is 12.2. The lowest BCUT2D eigenvalue weighted by Crippen LogP contribution is -2.28. The Labute approximate surface area is 174 Å². The molecule has 0 heterocycles. The van der Waals surface area contributed by atoms with Crippen molar-refractivity contribution in [3.8, 4) is 0 Å². The number of carbonyl (C=O) groups excluding carboxylic acids is 2. The monoisotopic (exact) mass is 389 g/mol. The average molecular weight is 390 g/mol. The van der Waals surface area contributed by atoms with Crippen LogP contribution in [-0.4, -0.2) is 36.1 Å². The third-order valence-corrected chi connectivity index (χ3v) is 4.80. The summed E-state index contributed by atoms with van der Waals surface area (Å²) in [6, 6.07) is 16.1. The van der Waals surface area contributed by atoms with E-state index in [1.807, 2.05) is 62.4 Å². The highest BCUT2D eigenvalue weighted by Gasteiger charge is 2.07. The van der Waals surface area contributed by atoms with Crippen molar-refractivity contribution in [3.63, 3.8) is 0 Å². The highest BCUT2D eigenvalue weighted by atomic mass is 16.1. The number of carbonyl (C=O) groups is 2. The lowest BCUT2D eigenvalue weighted by atomic mass is 10.1. The van der Waals surface area contributed by atoms with E-state index in [-0.39, 0.29) is 11.6 Å². The zero-order valence-electron chi connectivity index (χ0n) is 17.7. The van der Waals surface area contributed by atoms with E-state index in [9.17, 15) is 9.59 Å². The average Bonchev–Trinajstić information content (AvgIpc) is 2.71. The second kappa shape index (κ2) is 11.9. The number of nitrogens with zero attached hydrogens (tertiary/aromatic N) is 1. The van der Waals surface area contributed by atoms with Crippen LogP contribution in [0.2, 0.25) is 0 Å². The Balaban J connectivity index is 1.75. The number of rotatable bonds is 11. The van der Waals surface area contributed by atoms with E-state index in [0.717, 1.165) is 17.7 Å². The van der Waals surface area contributed by atoms with Crippen molar-refractivity contribution < 1.29 is 9.59 Å². The van der Waals surface area contributed by atoms with E-state index < -0.39 is 0 Å². The maximum absolute atomic E-state index is 12.2. The highest BCUT2D eigenvalue weighted by Crippen LogP contribution is 2.08. The van der Waals surface area contributed by atoms with Gasteiger partial charge in [0, 0.05) is 25.9 Å². The summed E-state index contributed by atoms with van der Waals surface area (Å²) in [4.78, 5) is 26.5. The summed E-state index contributed by atoms with van der Waals surface area (Å²) in [6.45, 7) is 8.29. The number of benzene rings is 2. The molecule has 0 bridgehead atoms.